The highest BCUT2D eigenvalue weighted by molar-refractivity contribution is 7.13. The number of hydrogen-bond acceptors (Lipinski definition) is 4. The molecule has 19 heavy (non-hydrogen) atoms. The molecular weight excluding hydrogens is 256 g/mol. The predicted molar refractivity (Wildman–Crippen MR) is 77.8 cm³/mol. The zero-order valence-electron chi connectivity index (χ0n) is 11.8. The van der Waals surface area contributed by atoms with Gasteiger partial charge >= 0.3 is 0 Å². The number of piperidine rings is 1. The minimum absolute atomic E-state index is 0.193. The van der Waals surface area contributed by atoms with Gasteiger partial charge in [0.1, 0.15) is 5.01 Å². The number of carbonyl (C=O) groups is 1. The summed E-state index contributed by atoms with van der Waals surface area (Å²) >= 11 is 1.63. The van der Waals surface area contributed by atoms with Crippen LogP contribution in [0.5, 0.6) is 0 Å². The molecule has 0 unspecified atom stereocenters. The van der Waals surface area contributed by atoms with Crippen LogP contribution in [0.15, 0.2) is 0 Å². The number of nitrogens with zero attached hydrogens (tertiary/aromatic N) is 2. The van der Waals surface area contributed by atoms with Crippen LogP contribution in [0, 0.1) is 5.92 Å². The lowest BCUT2D eigenvalue weighted by molar-refractivity contribution is 0.102. The van der Waals surface area contributed by atoms with E-state index in [-0.39, 0.29) is 5.78 Å². The summed E-state index contributed by atoms with van der Waals surface area (Å²) in [4.78, 5) is 19.9. The van der Waals surface area contributed by atoms with Gasteiger partial charge in [0, 0.05) is 12.8 Å². The standard InChI is InChI=1S/C15H22N2OS/c1-10-5-7-17(8-6-10)9-13-16-14(12-3-4-12)15(19-13)11(2)18/h10,12H,3-9H2,1-2H3. The molecule has 1 aliphatic carbocycles. The van der Waals surface area contributed by atoms with Crippen molar-refractivity contribution in [1.82, 2.24) is 9.88 Å². The first kappa shape index (κ1) is 13.3. The molecule has 0 amide bonds. The summed E-state index contributed by atoms with van der Waals surface area (Å²) in [6.07, 6.45) is 5.01. The van der Waals surface area contributed by atoms with Gasteiger partial charge in [0.05, 0.1) is 17.1 Å². The van der Waals surface area contributed by atoms with Gasteiger partial charge in [0.15, 0.2) is 5.78 Å². The fraction of sp³-hybridized carbons (Fsp3) is 0.733. The number of ketones is 1. The third-order valence-corrected chi connectivity index (χ3v) is 5.37. The van der Waals surface area contributed by atoms with E-state index in [1.165, 1.54) is 38.8 Å². The van der Waals surface area contributed by atoms with E-state index >= 15 is 0 Å². The van der Waals surface area contributed by atoms with Gasteiger partial charge in [0.25, 0.3) is 0 Å². The Bertz CT molecular complexity index is 470. The molecule has 3 rings (SSSR count). The Labute approximate surface area is 119 Å². The Morgan fingerprint density at radius 3 is 2.58 bits per heavy atom. The number of Topliss-reactive ketones (excluding diaryl/α,β-unsaturated/α-hetero) is 1. The molecule has 1 saturated carbocycles. The van der Waals surface area contributed by atoms with Crippen LogP contribution in [0.3, 0.4) is 0 Å². The van der Waals surface area contributed by atoms with Crippen LogP contribution in [0.2, 0.25) is 0 Å². The average Bonchev–Trinajstić information content (AvgIpc) is 3.13. The molecule has 0 atom stereocenters. The van der Waals surface area contributed by atoms with E-state index in [1.807, 2.05) is 0 Å². The summed E-state index contributed by atoms with van der Waals surface area (Å²) in [5.74, 6) is 1.63. The topological polar surface area (TPSA) is 33.2 Å². The average molecular weight is 278 g/mol. The molecule has 1 saturated heterocycles. The summed E-state index contributed by atoms with van der Waals surface area (Å²) in [7, 11) is 0. The minimum Gasteiger partial charge on any atom is -0.297 e. The third kappa shape index (κ3) is 3.06. The largest absolute Gasteiger partial charge is 0.297 e. The predicted octanol–water partition coefficient (Wildman–Crippen LogP) is 3.46. The Morgan fingerprint density at radius 1 is 1.32 bits per heavy atom. The third-order valence-electron chi connectivity index (χ3n) is 4.22. The van der Waals surface area contributed by atoms with Crippen molar-refractivity contribution in [3.05, 3.63) is 15.6 Å². The maximum Gasteiger partial charge on any atom is 0.171 e. The number of likely N-dealkylation sites (tertiary alicyclic amines) is 1. The van der Waals surface area contributed by atoms with E-state index in [0.717, 1.165) is 28.0 Å². The van der Waals surface area contributed by atoms with Crippen molar-refractivity contribution in [3.63, 3.8) is 0 Å². The van der Waals surface area contributed by atoms with E-state index in [0.29, 0.717) is 5.92 Å². The summed E-state index contributed by atoms with van der Waals surface area (Å²) in [5, 5.41) is 1.14. The molecule has 0 spiro atoms. The van der Waals surface area contributed by atoms with E-state index in [1.54, 1.807) is 18.3 Å². The summed E-state index contributed by atoms with van der Waals surface area (Å²) in [6.45, 7) is 7.29. The van der Waals surface area contributed by atoms with Gasteiger partial charge in [-0.1, -0.05) is 6.92 Å². The van der Waals surface area contributed by atoms with E-state index < -0.39 is 0 Å². The molecule has 1 aliphatic heterocycles. The smallest absolute Gasteiger partial charge is 0.171 e. The van der Waals surface area contributed by atoms with E-state index in [9.17, 15) is 4.79 Å². The van der Waals surface area contributed by atoms with Crippen molar-refractivity contribution in [3.8, 4) is 0 Å². The quantitative estimate of drug-likeness (QED) is 0.791. The zero-order chi connectivity index (χ0) is 13.4. The van der Waals surface area contributed by atoms with Gasteiger partial charge in [-0.15, -0.1) is 11.3 Å². The first-order valence-electron chi connectivity index (χ1n) is 7.36. The molecule has 3 nitrogen and oxygen atoms in total. The second-order valence-corrected chi connectivity index (χ2v) is 7.19. The normalized spacial score (nSPS) is 21.8. The number of aromatic nitrogens is 1. The van der Waals surface area contributed by atoms with E-state index in [2.05, 4.69) is 11.8 Å². The lowest BCUT2D eigenvalue weighted by atomic mass is 9.99. The molecule has 4 heteroatoms. The fourth-order valence-electron chi connectivity index (χ4n) is 2.74. The van der Waals surface area contributed by atoms with Crippen LogP contribution < -0.4 is 0 Å². The van der Waals surface area contributed by atoms with Gasteiger partial charge < -0.3 is 0 Å². The highest BCUT2D eigenvalue weighted by Crippen LogP contribution is 2.43. The SMILES string of the molecule is CC(=O)c1sc(CN2CCC(C)CC2)nc1C1CC1. The molecule has 1 aromatic heterocycles. The van der Waals surface area contributed by atoms with Crippen LogP contribution >= 0.6 is 11.3 Å². The van der Waals surface area contributed by atoms with Gasteiger partial charge in [-0.25, -0.2) is 4.98 Å². The van der Waals surface area contributed by atoms with Gasteiger partial charge in [-0.05, 0) is 44.7 Å². The molecule has 1 aromatic rings. The number of thiazole rings is 1. The molecule has 0 radical (unpaired) electrons. The maximum absolute atomic E-state index is 11.7. The lowest BCUT2D eigenvalue weighted by Crippen LogP contribution is -2.32. The van der Waals surface area contributed by atoms with Crippen LogP contribution in [-0.4, -0.2) is 28.8 Å². The summed E-state index contributed by atoms with van der Waals surface area (Å²) in [6, 6.07) is 0. The van der Waals surface area contributed by atoms with Gasteiger partial charge in [-0.2, -0.15) is 0 Å². The van der Waals surface area contributed by atoms with Gasteiger partial charge in [0.2, 0.25) is 0 Å². The highest BCUT2D eigenvalue weighted by Gasteiger charge is 2.31. The molecule has 0 N–H and O–H groups in total. The second kappa shape index (κ2) is 5.33. The maximum atomic E-state index is 11.7. The van der Waals surface area contributed by atoms with Crippen molar-refractivity contribution in [1.29, 1.82) is 0 Å². The lowest BCUT2D eigenvalue weighted by Gasteiger charge is -2.29. The monoisotopic (exact) mass is 278 g/mol. The molecule has 2 aliphatic rings. The van der Waals surface area contributed by atoms with Crippen molar-refractivity contribution in [2.24, 2.45) is 5.92 Å². The number of hydrogen-bond donors (Lipinski definition) is 0. The Hall–Kier alpha value is -0.740. The van der Waals surface area contributed by atoms with Crippen molar-refractivity contribution in [2.75, 3.05) is 13.1 Å². The zero-order valence-corrected chi connectivity index (χ0v) is 12.6. The van der Waals surface area contributed by atoms with Crippen molar-refractivity contribution >= 4 is 17.1 Å². The Morgan fingerprint density at radius 2 is 2.00 bits per heavy atom. The van der Waals surface area contributed by atoms with Crippen molar-refractivity contribution in [2.45, 2.75) is 52.0 Å². The van der Waals surface area contributed by atoms with Crippen LogP contribution in [0.25, 0.3) is 0 Å². The molecule has 104 valence electrons. The van der Waals surface area contributed by atoms with E-state index in [4.69, 9.17) is 4.98 Å². The number of rotatable bonds is 4. The summed E-state index contributed by atoms with van der Waals surface area (Å²) < 4.78 is 0. The molecule has 2 fully saturated rings. The Balaban J connectivity index is 1.70. The van der Waals surface area contributed by atoms with Gasteiger partial charge in [-0.3, -0.25) is 9.69 Å². The second-order valence-electron chi connectivity index (χ2n) is 6.11. The van der Waals surface area contributed by atoms with Crippen molar-refractivity contribution < 1.29 is 4.79 Å². The highest BCUT2D eigenvalue weighted by atomic mass is 32.1. The number of carbonyl (C=O) groups excluding carboxylic acids is 1. The van der Waals surface area contributed by atoms with Crippen LogP contribution in [0.4, 0.5) is 0 Å². The molecule has 0 bridgehead atoms. The van der Waals surface area contributed by atoms with Crippen LogP contribution in [0.1, 0.15) is 65.8 Å². The fourth-order valence-corrected chi connectivity index (χ4v) is 3.83. The molecule has 2 heterocycles. The molecule has 0 aromatic carbocycles. The molecular formula is C15H22N2OS. The first-order valence-corrected chi connectivity index (χ1v) is 8.18. The van der Waals surface area contributed by atoms with Crippen LogP contribution in [-0.2, 0) is 6.54 Å². The first-order chi connectivity index (χ1) is 9.13. The summed E-state index contributed by atoms with van der Waals surface area (Å²) in [5.41, 5.74) is 1.10. The Kier molecular flexibility index (Phi) is 3.72. The minimum atomic E-state index is 0.193.